The third-order valence-electron chi connectivity index (χ3n) is 7.18. The van der Waals surface area contributed by atoms with Crippen LogP contribution in [0.1, 0.15) is 44.9 Å². The van der Waals surface area contributed by atoms with Crippen LogP contribution in [0, 0.1) is 17.7 Å². The van der Waals surface area contributed by atoms with Crippen molar-refractivity contribution in [3.05, 3.63) is 5.82 Å². The lowest BCUT2D eigenvalue weighted by molar-refractivity contribution is -0.154. The molecule has 3 N–H and O–H groups in total. The molecule has 3 fully saturated rings. The van der Waals surface area contributed by atoms with Crippen molar-refractivity contribution in [1.29, 1.82) is 0 Å². The van der Waals surface area contributed by atoms with Crippen LogP contribution in [0.4, 0.5) is 16.0 Å². The Balaban J connectivity index is 1.45. The van der Waals surface area contributed by atoms with Crippen molar-refractivity contribution in [3.8, 4) is 0 Å². The summed E-state index contributed by atoms with van der Waals surface area (Å²) in [6.45, 7) is 3.25. The first-order valence-electron chi connectivity index (χ1n) is 12.1. The van der Waals surface area contributed by atoms with Gasteiger partial charge in [0.1, 0.15) is 0 Å². The van der Waals surface area contributed by atoms with Gasteiger partial charge in [0.2, 0.25) is 18.1 Å². The van der Waals surface area contributed by atoms with Gasteiger partial charge in [-0.05, 0) is 38.0 Å². The average Bonchev–Trinajstić information content (AvgIpc) is 3.54. The van der Waals surface area contributed by atoms with E-state index in [2.05, 4.69) is 25.7 Å². The summed E-state index contributed by atoms with van der Waals surface area (Å²) in [6, 6.07) is 0.410. The lowest BCUT2D eigenvalue weighted by Crippen LogP contribution is -2.50. The van der Waals surface area contributed by atoms with Gasteiger partial charge in [0.05, 0.1) is 12.5 Å². The van der Waals surface area contributed by atoms with E-state index in [0.717, 1.165) is 58.2 Å². The number of hydrazine groups is 1. The summed E-state index contributed by atoms with van der Waals surface area (Å²) in [5.74, 6) is -1.12. The molecule has 1 aliphatic carbocycles. The predicted molar refractivity (Wildman–Crippen MR) is 127 cm³/mol. The molecule has 0 unspecified atom stereocenters. The Morgan fingerprint density at radius 2 is 2.06 bits per heavy atom. The first-order chi connectivity index (χ1) is 16.5. The van der Waals surface area contributed by atoms with E-state index >= 15 is 4.39 Å². The number of aromatic nitrogens is 2. The molecule has 34 heavy (non-hydrogen) atoms. The molecule has 1 aromatic rings. The molecule has 2 saturated heterocycles. The summed E-state index contributed by atoms with van der Waals surface area (Å²) in [5.41, 5.74) is 5.20. The molecule has 0 bridgehead atoms. The van der Waals surface area contributed by atoms with E-state index < -0.39 is 17.6 Å². The van der Waals surface area contributed by atoms with Gasteiger partial charge in [-0.25, -0.2) is 15.0 Å². The van der Waals surface area contributed by atoms with E-state index in [0.29, 0.717) is 35.1 Å². The first-order valence-corrected chi connectivity index (χ1v) is 13.3. The fourth-order valence-corrected chi connectivity index (χ4v) is 5.75. The number of carbonyl (C=O) groups is 2. The van der Waals surface area contributed by atoms with E-state index in [1.165, 1.54) is 11.8 Å². The lowest BCUT2D eigenvalue weighted by atomic mass is 9.92. The standard InChI is InChI=1S/C22H34FN7O3S/c1-34-22-24-19(18(23)20(25-22)29-10-9-28-8-4-7-17(28)13-29)26-27-21(32)16(12-30(33)14-31)11-15-5-2-3-6-15/h14-17,33H,2-13H2,1H3,(H,27,32)(H,24,25,26)/t16-,17-/m0/s1. The summed E-state index contributed by atoms with van der Waals surface area (Å²) >= 11 is 1.31. The van der Waals surface area contributed by atoms with Gasteiger partial charge in [0.15, 0.2) is 16.8 Å². The highest BCUT2D eigenvalue weighted by Crippen LogP contribution is 2.31. The molecular weight excluding hydrogens is 461 g/mol. The minimum Gasteiger partial charge on any atom is -0.351 e. The number of hydroxylamine groups is 2. The highest BCUT2D eigenvalue weighted by molar-refractivity contribution is 7.98. The maximum atomic E-state index is 15.5. The summed E-state index contributed by atoms with van der Waals surface area (Å²) in [7, 11) is 0. The number of amides is 2. The zero-order chi connectivity index (χ0) is 24.1. The van der Waals surface area contributed by atoms with Crippen LogP contribution < -0.4 is 15.8 Å². The first kappa shape index (κ1) is 24.9. The van der Waals surface area contributed by atoms with Crippen LogP contribution in [0.2, 0.25) is 0 Å². The Morgan fingerprint density at radius 3 is 2.79 bits per heavy atom. The SMILES string of the molecule is CSc1nc(NNC(=O)[C@@H](CC2CCCC2)CN(O)C=O)c(F)c(N2CCN3CCC[C@H]3C2)n1. The van der Waals surface area contributed by atoms with E-state index in [9.17, 15) is 14.8 Å². The lowest BCUT2D eigenvalue weighted by Gasteiger charge is -2.38. The van der Waals surface area contributed by atoms with Gasteiger partial charge in [-0.15, -0.1) is 0 Å². The third kappa shape index (κ3) is 5.89. The van der Waals surface area contributed by atoms with Crippen LogP contribution in [0.15, 0.2) is 5.16 Å². The van der Waals surface area contributed by atoms with Gasteiger partial charge >= 0.3 is 0 Å². The Hall–Kier alpha value is -2.18. The number of piperazine rings is 1. The van der Waals surface area contributed by atoms with Crippen LogP contribution in [-0.2, 0) is 9.59 Å². The number of thioether (sulfide) groups is 1. The molecule has 10 nitrogen and oxygen atoms in total. The number of fused-ring (bicyclic) bond motifs is 1. The molecular formula is C22H34FN7O3S. The number of nitrogens with one attached hydrogen (secondary N) is 2. The number of carbonyl (C=O) groups excluding carboxylic acids is 2. The van der Waals surface area contributed by atoms with E-state index in [1.54, 1.807) is 0 Å². The zero-order valence-electron chi connectivity index (χ0n) is 19.6. The second kappa shape index (κ2) is 11.5. The Labute approximate surface area is 203 Å². The monoisotopic (exact) mass is 495 g/mol. The van der Waals surface area contributed by atoms with Gasteiger partial charge in [0.25, 0.3) is 0 Å². The highest BCUT2D eigenvalue weighted by Gasteiger charge is 2.33. The number of halogens is 1. The normalized spacial score (nSPS) is 21.9. The molecule has 2 amide bonds. The Morgan fingerprint density at radius 1 is 1.26 bits per heavy atom. The van der Waals surface area contributed by atoms with Crippen molar-refractivity contribution in [2.75, 3.05) is 49.3 Å². The summed E-state index contributed by atoms with van der Waals surface area (Å²) in [6.07, 6.45) is 9.22. The minimum atomic E-state index is -0.620. The topological polar surface area (TPSA) is 114 Å². The maximum absolute atomic E-state index is 15.5. The molecule has 3 aliphatic rings. The summed E-state index contributed by atoms with van der Waals surface area (Å²) in [4.78, 5) is 36.9. The van der Waals surface area contributed by atoms with Crippen molar-refractivity contribution in [2.24, 2.45) is 11.8 Å². The number of nitrogens with zero attached hydrogens (tertiary/aromatic N) is 5. The summed E-state index contributed by atoms with van der Waals surface area (Å²) < 4.78 is 15.5. The maximum Gasteiger partial charge on any atom is 0.243 e. The quantitative estimate of drug-likeness (QED) is 0.148. The second-order valence-electron chi connectivity index (χ2n) is 9.40. The van der Waals surface area contributed by atoms with Crippen LogP contribution in [-0.4, -0.2) is 82.5 Å². The molecule has 0 radical (unpaired) electrons. The van der Waals surface area contributed by atoms with Crippen LogP contribution in [0.5, 0.6) is 0 Å². The smallest absolute Gasteiger partial charge is 0.243 e. The second-order valence-corrected chi connectivity index (χ2v) is 10.2. The molecule has 0 spiro atoms. The van der Waals surface area contributed by atoms with Crippen molar-refractivity contribution < 1.29 is 19.2 Å². The average molecular weight is 496 g/mol. The predicted octanol–water partition coefficient (Wildman–Crippen LogP) is 2.11. The van der Waals surface area contributed by atoms with Crippen molar-refractivity contribution in [3.63, 3.8) is 0 Å². The summed E-state index contributed by atoms with van der Waals surface area (Å²) in [5, 5.41) is 10.6. The van der Waals surface area contributed by atoms with Crippen molar-refractivity contribution in [1.82, 2.24) is 25.4 Å². The molecule has 2 aliphatic heterocycles. The third-order valence-corrected chi connectivity index (χ3v) is 7.73. The van der Waals surface area contributed by atoms with Crippen molar-refractivity contribution >= 4 is 35.7 Å². The highest BCUT2D eigenvalue weighted by atomic mass is 32.2. The van der Waals surface area contributed by atoms with E-state index in [-0.39, 0.29) is 24.6 Å². The molecule has 1 saturated carbocycles. The van der Waals surface area contributed by atoms with E-state index in [1.807, 2.05) is 11.2 Å². The molecule has 1 aromatic heterocycles. The molecule has 2 atom stereocenters. The number of hydrogen-bond acceptors (Lipinski definition) is 9. The Bertz CT molecular complexity index is 873. The molecule has 3 heterocycles. The number of rotatable bonds is 10. The minimum absolute atomic E-state index is 0.0904. The van der Waals surface area contributed by atoms with Crippen molar-refractivity contribution in [2.45, 2.75) is 56.1 Å². The van der Waals surface area contributed by atoms with Gasteiger partial charge < -0.3 is 4.90 Å². The largest absolute Gasteiger partial charge is 0.351 e. The fraction of sp³-hybridized carbons (Fsp3) is 0.727. The van der Waals surface area contributed by atoms with Gasteiger partial charge in [0, 0.05) is 25.7 Å². The van der Waals surface area contributed by atoms with Gasteiger partial charge in [-0.1, -0.05) is 37.4 Å². The van der Waals surface area contributed by atoms with Crippen LogP contribution in [0.3, 0.4) is 0 Å². The van der Waals surface area contributed by atoms with Crippen LogP contribution >= 0.6 is 11.8 Å². The fourth-order valence-electron chi connectivity index (χ4n) is 5.39. The molecule has 12 heteroatoms. The van der Waals surface area contributed by atoms with Gasteiger partial charge in [-0.3, -0.25) is 30.5 Å². The van der Waals surface area contributed by atoms with Crippen LogP contribution in [0.25, 0.3) is 0 Å². The van der Waals surface area contributed by atoms with Gasteiger partial charge in [-0.2, -0.15) is 4.39 Å². The van der Waals surface area contributed by atoms with E-state index in [4.69, 9.17) is 0 Å². The molecule has 188 valence electrons. The number of anilines is 2. The Kier molecular flexibility index (Phi) is 8.43. The number of hydrogen-bond donors (Lipinski definition) is 3. The zero-order valence-corrected chi connectivity index (χ0v) is 20.4. The molecule has 0 aromatic carbocycles. The molecule has 4 rings (SSSR count).